The fourth-order valence-electron chi connectivity index (χ4n) is 4.42. The number of rotatable bonds is 3. The number of aromatic nitrogens is 2. The van der Waals surface area contributed by atoms with E-state index in [0.29, 0.717) is 11.6 Å². The van der Waals surface area contributed by atoms with Gasteiger partial charge in [-0.2, -0.15) is 0 Å². The summed E-state index contributed by atoms with van der Waals surface area (Å²) in [5, 5.41) is 9.24. The zero-order valence-electron chi connectivity index (χ0n) is 12.2. The molecule has 2 fully saturated rings. The second-order valence-corrected chi connectivity index (χ2v) is 6.50. The summed E-state index contributed by atoms with van der Waals surface area (Å²) in [6, 6.07) is 5.83. The predicted octanol–water partition coefficient (Wildman–Crippen LogP) is 3.66. The Morgan fingerprint density at radius 2 is 2.24 bits per heavy atom. The van der Waals surface area contributed by atoms with Crippen LogP contribution in [0, 0.1) is 11.8 Å². The van der Waals surface area contributed by atoms with E-state index in [-0.39, 0.29) is 0 Å². The number of carboxylic acid groups (broad SMARTS) is 1. The lowest BCUT2D eigenvalue weighted by atomic mass is 9.94. The molecule has 2 aromatic rings. The third kappa shape index (κ3) is 1.88. The molecule has 2 aliphatic carbocycles. The van der Waals surface area contributed by atoms with E-state index in [0.717, 1.165) is 35.1 Å². The Balaban J connectivity index is 1.88. The van der Waals surface area contributed by atoms with Crippen molar-refractivity contribution in [2.45, 2.75) is 45.1 Å². The lowest BCUT2D eigenvalue weighted by Gasteiger charge is -2.25. The second kappa shape index (κ2) is 4.58. The molecular weight excluding hydrogens is 264 g/mol. The molecule has 0 amide bonds. The number of hydrogen-bond donors (Lipinski definition) is 1. The summed E-state index contributed by atoms with van der Waals surface area (Å²) in [4.78, 5) is 16.0. The Labute approximate surface area is 123 Å². The Morgan fingerprint density at radius 3 is 2.86 bits per heavy atom. The van der Waals surface area contributed by atoms with E-state index in [2.05, 4.69) is 11.5 Å². The average molecular weight is 284 g/mol. The van der Waals surface area contributed by atoms with Crippen LogP contribution < -0.4 is 0 Å². The van der Waals surface area contributed by atoms with Gasteiger partial charge in [0, 0.05) is 12.5 Å². The van der Waals surface area contributed by atoms with Crippen molar-refractivity contribution in [2.75, 3.05) is 0 Å². The fraction of sp³-hybridized carbons (Fsp3) is 0.529. The molecular formula is C17H20N2O2. The van der Waals surface area contributed by atoms with E-state index in [1.54, 1.807) is 12.1 Å². The third-order valence-corrected chi connectivity index (χ3v) is 5.36. The number of carboxylic acids is 1. The van der Waals surface area contributed by atoms with Crippen LogP contribution in [-0.4, -0.2) is 20.6 Å². The van der Waals surface area contributed by atoms with E-state index in [1.165, 1.54) is 25.7 Å². The number of aryl methyl sites for hydroxylation is 1. The Hall–Kier alpha value is -1.84. The summed E-state index contributed by atoms with van der Waals surface area (Å²) in [7, 11) is 0. The largest absolute Gasteiger partial charge is 0.478 e. The van der Waals surface area contributed by atoms with Crippen LogP contribution in [0.4, 0.5) is 0 Å². The van der Waals surface area contributed by atoms with Gasteiger partial charge in [-0.3, -0.25) is 0 Å². The van der Waals surface area contributed by atoms with Gasteiger partial charge in [-0.05, 0) is 49.3 Å². The van der Waals surface area contributed by atoms with Crippen LogP contribution in [0.2, 0.25) is 0 Å². The average Bonchev–Trinajstić information content (AvgIpc) is 3.18. The molecule has 2 bridgehead atoms. The monoisotopic (exact) mass is 284 g/mol. The van der Waals surface area contributed by atoms with Crippen LogP contribution in [0.3, 0.4) is 0 Å². The van der Waals surface area contributed by atoms with Crippen molar-refractivity contribution in [3.05, 3.63) is 29.6 Å². The van der Waals surface area contributed by atoms with Crippen molar-refractivity contribution in [3.63, 3.8) is 0 Å². The number of fused-ring (bicyclic) bond motifs is 3. The molecule has 0 radical (unpaired) electrons. The first-order valence-electron chi connectivity index (χ1n) is 7.91. The van der Waals surface area contributed by atoms with E-state index in [4.69, 9.17) is 4.98 Å². The smallest absolute Gasteiger partial charge is 0.335 e. The van der Waals surface area contributed by atoms with Crippen LogP contribution in [-0.2, 0) is 6.42 Å². The number of aromatic carboxylic acids is 1. The van der Waals surface area contributed by atoms with Gasteiger partial charge < -0.3 is 9.67 Å². The van der Waals surface area contributed by atoms with Crippen molar-refractivity contribution >= 4 is 17.0 Å². The van der Waals surface area contributed by atoms with Crippen molar-refractivity contribution in [3.8, 4) is 0 Å². The molecule has 21 heavy (non-hydrogen) atoms. The fourth-order valence-corrected chi connectivity index (χ4v) is 4.42. The summed E-state index contributed by atoms with van der Waals surface area (Å²) in [6.07, 6.45) is 6.16. The van der Waals surface area contributed by atoms with Gasteiger partial charge in [0.1, 0.15) is 5.82 Å². The number of carbonyl (C=O) groups is 1. The van der Waals surface area contributed by atoms with Gasteiger partial charge in [0.2, 0.25) is 0 Å². The van der Waals surface area contributed by atoms with Gasteiger partial charge in [-0.15, -0.1) is 0 Å². The molecule has 3 atom stereocenters. The molecule has 4 rings (SSSR count). The minimum Gasteiger partial charge on any atom is -0.478 e. The number of benzene rings is 1. The van der Waals surface area contributed by atoms with Crippen LogP contribution in [0.15, 0.2) is 18.2 Å². The normalized spacial score (nSPS) is 27.6. The van der Waals surface area contributed by atoms with Gasteiger partial charge >= 0.3 is 5.97 Å². The topological polar surface area (TPSA) is 55.1 Å². The van der Waals surface area contributed by atoms with Crippen molar-refractivity contribution in [2.24, 2.45) is 11.8 Å². The number of hydrogen-bond acceptors (Lipinski definition) is 2. The number of imidazole rings is 1. The van der Waals surface area contributed by atoms with Crippen LogP contribution in [0.25, 0.3) is 11.0 Å². The summed E-state index contributed by atoms with van der Waals surface area (Å²) in [6.45, 7) is 2.13. The summed E-state index contributed by atoms with van der Waals surface area (Å²) < 4.78 is 2.35. The quantitative estimate of drug-likeness (QED) is 0.935. The highest BCUT2D eigenvalue weighted by atomic mass is 16.4. The molecule has 0 aliphatic heterocycles. The molecule has 0 saturated heterocycles. The third-order valence-electron chi connectivity index (χ3n) is 5.36. The molecule has 3 unspecified atom stereocenters. The summed E-state index contributed by atoms with van der Waals surface area (Å²) in [5.41, 5.74) is 2.29. The van der Waals surface area contributed by atoms with Gasteiger partial charge in [0.15, 0.2) is 0 Å². The van der Waals surface area contributed by atoms with Crippen LogP contribution in [0.1, 0.15) is 54.8 Å². The van der Waals surface area contributed by atoms with Gasteiger partial charge in [0.05, 0.1) is 16.6 Å². The first-order chi connectivity index (χ1) is 10.2. The highest BCUT2D eigenvalue weighted by Crippen LogP contribution is 2.51. The zero-order valence-corrected chi connectivity index (χ0v) is 12.2. The van der Waals surface area contributed by atoms with Crippen molar-refractivity contribution in [1.29, 1.82) is 0 Å². The van der Waals surface area contributed by atoms with Crippen molar-refractivity contribution in [1.82, 2.24) is 9.55 Å². The second-order valence-electron chi connectivity index (χ2n) is 6.50. The standard InChI is InChI=1S/C17H20N2O2/c1-2-16-18-13-6-5-12(17(20)21)9-15(13)19(16)14-8-10-3-4-11(14)7-10/h5-6,9-11,14H,2-4,7-8H2,1H3,(H,20,21). The maximum atomic E-state index is 11.3. The zero-order chi connectivity index (χ0) is 14.6. The molecule has 1 heterocycles. The lowest BCUT2D eigenvalue weighted by Crippen LogP contribution is -2.18. The Morgan fingerprint density at radius 1 is 1.38 bits per heavy atom. The maximum absolute atomic E-state index is 11.3. The molecule has 110 valence electrons. The van der Waals surface area contributed by atoms with Crippen LogP contribution in [0.5, 0.6) is 0 Å². The summed E-state index contributed by atoms with van der Waals surface area (Å²) >= 11 is 0. The Bertz CT molecular complexity index is 719. The van der Waals surface area contributed by atoms with E-state index in [9.17, 15) is 9.90 Å². The lowest BCUT2D eigenvalue weighted by molar-refractivity contribution is 0.0697. The van der Waals surface area contributed by atoms with E-state index >= 15 is 0 Å². The highest BCUT2D eigenvalue weighted by Gasteiger charge is 2.41. The minimum absolute atomic E-state index is 0.356. The first-order valence-corrected chi connectivity index (χ1v) is 7.91. The molecule has 4 heteroatoms. The predicted molar refractivity (Wildman–Crippen MR) is 80.6 cm³/mol. The Kier molecular flexibility index (Phi) is 2.81. The van der Waals surface area contributed by atoms with Gasteiger partial charge in [-0.1, -0.05) is 13.3 Å². The van der Waals surface area contributed by atoms with Crippen LogP contribution >= 0.6 is 0 Å². The SMILES string of the molecule is CCc1nc2ccc(C(=O)O)cc2n1C1CC2CCC1C2. The maximum Gasteiger partial charge on any atom is 0.335 e. The van der Waals surface area contributed by atoms with Gasteiger partial charge in [-0.25, -0.2) is 9.78 Å². The van der Waals surface area contributed by atoms with Gasteiger partial charge in [0.25, 0.3) is 0 Å². The van der Waals surface area contributed by atoms with E-state index in [1.807, 2.05) is 6.07 Å². The summed E-state index contributed by atoms with van der Waals surface area (Å²) in [5.74, 6) is 1.86. The van der Waals surface area contributed by atoms with E-state index < -0.39 is 5.97 Å². The molecule has 2 aliphatic rings. The molecule has 4 nitrogen and oxygen atoms in total. The molecule has 1 aromatic heterocycles. The number of nitrogens with zero attached hydrogens (tertiary/aromatic N) is 2. The van der Waals surface area contributed by atoms with Crippen molar-refractivity contribution < 1.29 is 9.90 Å². The molecule has 1 N–H and O–H groups in total. The molecule has 0 spiro atoms. The minimum atomic E-state index is -0.865. The highest BCUT2D eigenvalue weighted by molar-refractivity contribution is 5.92. The molecule has 1 aromatic carbocycles. The molecule has 2 saturated carbocycles. The first kappa shape index (κ1) is 12.9.